The molecular weight excluding hydrogens is 410 g/mol. The Morgan fingerprint density at radius 2 is 1.18 bits per heavy atom. The molecule has 0 aliphatic heterocycles. The summed E-state index contributed by atoms with van der Waals surface area (Å²) in [6.45, 7) is 25.8. The fourth-order valence-electron chi connectivity index (χ4n) is 5.88. The van der Waals surface area contributed by atoms with Crippen molar-refractivity contribution in [2.24, 2.45) is 0 Å². The molecule has 1 nitrogen and oxygen atoms in total. The Kier molecular flexibility index (Phi) is 5.59. The van der Waals surface area contributed by atoms with E-state index in [4.69, 9.17) is 0 Å². The van der Waals surface area contributed by atoms with Crippen molar-refractivity contribution in [3.05, 3.63) is 82.9 Å². The van der Waals surface area contributed by atoms with Crippen LogP contribution < -0.4 is 4.90 Å². The Labute approximate surface area is 208 Å². The zero-order valence-electron chi connectivity index (χ0n) is 23.2. The van der Waals surface area contributed by atoms with Gasteiger partial charge in [-0.2, -0.15) is 0 Å². The highest BCUT2D eigenvalue weighted by Gasteiger charge is 2.41. The summed E-state index contributed by atoms with van der Waals surface area (Å²) in [6, 6.07) is 22.8. The zero-order valence-corrected chi connectivity index (χ0v) is 23.2. The van der Waals surface area contributed by atoms with E-state index in [0.717, 1.165) is 0 Å². The molecule has 0 N–H and O–H groups in total. The van der Waals surface area contributed by atoms with Crippen LogP contribution in [0.3, 0.4) is 0 Å². The number of anilines is 2. The molecule has 0 fully saturated rings. The average Bonchev–Trinajstić information content (AvgIpc) is 2.93. The number of hydrogen-bond acceptors (Lipinski definition) is 1. The lowest BCUT2D eigenvalue weighted by atomic mass is 9.76. The Hall–Kier alpha value is -2.54. The van der Waals surface area contributed by atoms with Gasteiger partial charge in [-0.05, 0) is 77.1 Å². The first kappa shape index (κ1) is 24.6. The van der Waals surface area contributed by atoms with Crippen LogP contribution in [-0.2, 0) is 16.2 Å². The molecule has 0 saturated carbocycles. The minimum absolute atomic E-state index is 0.000333. The summed E-state index contributed by atoms with van der Waals surface area (Å²) >= 11 is 0. The van der Waals surface area contributed by atoms with Crippen LogP contribution in [0.2, 0.25) is 0 Å². The molecule has 0 radical (unpaired) electrons. The third-order valence-corrected chi connectivity index (χ3v) is 7.34. The molecule has 0 atom stereocenters. The van der Waals surface area contributed by atoms with Gasteiger partial charge in [-0.15, -0.1) is 0 Å². The maximum Gasteiger partial charge on any atom is 0.0460 e. The zero-order chi connectivity index (χ0) is 25.3. The quantitative estimate of drug-likeness (QED) is 0.373. The second kappa shape index (κ2) is 7.74. The second-order valence-electron chi connectivity index (χ2n) is 13.6. The van der Waals surface area contributed by atoms with Crippen LogP contribution in [0, 0.1) is 0 Å². The van der Waals surface area contributed by atoms with Crippen LogP contribution in [0.15, 0.2) is 60.7 Å². The monoisotopic (exact) mass is 453 g/mol. The Balaban J connectivity index is 2.13. The van der Waals surface area contributed by atoms with Gasteiger partial charge in [-0.3, -0.25) is 0 Å². The molecule has 1 aliphatic rings. The van der Waals surface area contributed by atoms with E-state index in [1.165, 1.54) is 44.8 Å². The van der Waals surface area contributed by atoms with Gasteiger partial charge in [0, 0.05) is 22.3 Å². The van der Waals surface area contributed by atoms with Gasteiger partial charge in [0.2, 0.25) is 0 Å². The van der Waals surface area contributed by atoms with Crippen molar-refractivity contribution in [2.45, 2.75) is 97.9 Å². The predicted octanol–water partition coefficient (Wildman–Crippen LogP) is 9.52. The molecule has 1 aliphatic carbocycles. The number of benzene rings is 3. The van der Waals surface area contributed by atoms with E-state index in [-0.39, 0.29) is 21.8 Å². The first-order valence-electron chi connectivity index (χ1n) is 12.7. The van der Waals surface area contributed by atoms with Gasteiger partial charge in [-0.1, -0.05) is 104 Å². The average molecular weight is 454 g/mol. The van der Waals surface area contributed by atoms with E-state index in [1.807, 2.05) is 0 Å². The van der Waals surface area contributed by atoms with Crippen LogP contribution in [0.4, 0.5) is 11.4 Å². The third kappa shape index (κ3) is 3.88. The van der Waals surface area contributed by atoms with Crippen LogP contribution in [0.25, 0.3) is 11.1 Å². The maximum atomic E-state index is 2.60. The molecule has 4 rings (SSSR count). The highest BCUT2D eigenvalue weighted by Crippen LogP contribution is 2.55. The first-order valence-corrected chi connectivity index (χ1v) is 12.7. The molecule has 0 unspecified atom stereocenters. The van der Waals surface area contributed by atoms with E-state index < -0.39 is 0 Å². The highest BCUT2D eigenvalue weighted by atomic mass is 15.2. The van der Waals surface area contributed by atoms with Crippen molar-refractivity contribution in [1.29, 1.82) is 0 Å². The molecular formula is C33H43N. The number of para-hydroxylation sites is 1. The molecule has 0 bridgehead atoms. The van der Waals surface area contributed by atoms with Crippen molar-refractivity contribution < 1.29 is 0 Å². The van der Waals surface area contributed by atoms with Gasteiger partial charge < -0.3 is 4.90 Å². The number of hydrogen-bond donors (Lipinski definition) is 0. The fraction of sp³-hybridized carbons (Fsp3) is 0.455. The largest absolute Gasteiger partial charge is 0.336 e. The maximum absolute atomic E-state index is 2.60. The lowest BCUT2D eigenvalue weighted by Crippen LogP contribution is -2.40. The summed E-state index contributed by atoms with van der Waals surface area (Å²) in [5, 5.41) is 0. The molecule has 0 heterocycles. The van der Waals surface area contributed by atoms with Gasteiger partial charge >= 0.3 is 0 Å². The minimum atomic E-state index is -0.0940. The van der Waals surface area contributed by atoms with Gasteiger partial charge in [0.15, 0.2) is 0 Å². The lowest BCUT2D eigenvalue weighted by molar-refractivity contribution is 0.532. The van der Waals surface area contributed by atoms with Crippen LogP contribution in [-0.4, -0.2) is 5.54 Å². The highest BCUT2D eigenvalue weighted by molar-refractivity contribution is 5.89. The summed E-state index contributed by atoms with van der Waals surface area (Å²) in [7, 11) is 0. The van der Waals surface area contributed by atoms with Crippen molar-refractivity contribution in [2.75, 3.05) is 4.90 Å². The SMILES string of the molecule is CC(C)(C)c1ccccc1N(c1ccc2c(c1C(C)(C)C)-c1ccccc1C2(C)C)C(C)(C)C. The molecule has 0 amide bonds. The first-order chi connectivity index (χ1) is 15.6. The topological polar surface area (TPSA) is 3.24 Å². The van der Waals surface area contributed by atoms with Crippen molar-refractivity contribution in [1.82, 2.24) is 0 Å². The van der Waals surface area contributed by atoms with E-state index >= 15 is 0 Å². The van der Waals surface area contributed by atoms with Crippen molar-refractivity contribution >= 4 is 11.4 Å². The van der Waals surface area contributed by atoms with E-state index in [0.29, 0.717) is 0 Å². The van der Waals surface area contributed by atoms with Crippen molar-refractivity contribution in [3.63, 3.8) is 0 Å². The third-order valence-electron chi connectivity index (χ3n) is 7.34. The van der Waals surface area contributed by atoms with Gasteiger partial charge in [0.1, 0.15) is 0 Å². The number of rotatable bonds is 2. The minimum Gasteiger partial charge on any atom is -0.336 e. The standard InChI is InChI=1S/C33H43N/c1-30(2,3)24-18-14-15-19-26(24)34(32(7,8)9)27-21-20-25-28(29(27)31(4,5)6)22-16-12-13-17-23(22)33(25,10)11/h12-21H,1-11H3. The van der Waals surface area contributed by atoms with Gasteiger partial charge in [-0.25, -0.2) is 0 Å². The molecule has 0 aromatic heterocycles. The smallest absolute Gasteiger partial charge is 0.0460 e. The summed E-state index contributed by atoms with van der Waals surface area (Å²) in [4.78, 5) is 2.60. The normalized spacial score (nSPS) is 15.1. The summed E-state index contributed by atoms with van der Waals surface area (Å²) < 4.78 is 0. The number of fused-ring (bicyclic) bond motifs is 3. The van der Waals surface area contributed by atoms with Gasteiger partial charge in [0.25, 0.3) is 0 Å². The van der Waals surface area contributed by atoms with E-state index in [9.17, 15) is 0 Å². The lowest BCUT2D eigenvalue weighted by Gasteiger charge is -2.44. The molecule has 34 heavy (non-hydrogen) atoms. The Morgan fingerprint density at radius 1 is 0.588 bits per heavy atom. The van der Waals surface area contributed by atoms with Crippen molar-refractivity contribution in [3.8, 4) is 11.1 Å². The van der Waals surface area contributed by atoms with E-state index in [2.05, 4.69) is 142 Å². The summed E-state index contributed by atoms with van der Waals surface area (Å²) in [5.41, 5.74) is 11.1. The summed E-state index contributed by atoms with van der Waals surface area (Å²) in [5.74, 6) is 0. The summed E-state index contributed by atoms with van der Waals surface area (Å²) in [6.07, 6.45) is 0. The predicted molar refractivity (Wildman–Crippen MR) is 150 cm³/mol. The second-order valence-corrected chi connectivity index (χ2v) is 13.6. The van der Waals surface area contributed by atoms with Crippen LogP contribution in [0.1, 0.15) is 98.4 Å². The molecule has 3 aromatic carbocycles. The molecule has 1 heteroatoms. The van der Waals surface area contributed by atoms with E-state index in [1.54, 1.807) is 0 Å². The molecule has 0 spiro atoms. The molecule has 180 valence electrons. The fourth-order valence-corrected chi connectivity index (χ4v) is 5.88. The number of nitrogens with zero attached hydrogens (tertiary/aromatic N) is 1. The Morgan fingerprint density at radius 3 is 1.76 bits per heavy atom. The van der Waals surface area contributed by atoms with Crippen LogP contribution in [0.5, 0.6) is 0 Å². The van der Waals surface area contributed by atoms with Gasteiger partial charge in [0.05, 0.1) is 0 Å². The molecule has 3 aromatic rings. The van der Waals surface area contributed by atoms with Crippen LogP contribution >= 0.6 is 0 Å². The molecule has 0 saturated heterocycles. The Bertz CT molecular complexity index is 1220.